The minimum Gasteiger partial charge on any atom is -0.493 e. The minimum absolute atomic E-state index is 0. The molecule has 0 atom stereocenters. The zero-order valence-electron chi connectivity index (χ0n) is 19.4. The van der Waals surface area contributed by atoms with Crippen molar-refractivity contribution in [3.8, 4) is 11.5 Å². The van der Waals surface area contributed by atoms with E-state index in [4.69, 9.17) is 14.5 Å². The van der Waals surface area contributed by atoms with Crippen molar-refractivity contribution < 1.29 is 9.47 Å². The third-order valence-electron chi connectivity index (χ3n) is 5.23. The highest BCUT2D eigenvalue weighted by Gasteiger charge is 2.11. The van der Waals surface area contributed by atoms with Crippen LogP contribution in [0.1, 0.15) is 45.1 Å². The number of guanidine groups is 1. The number of ether oxygens (including phenoxy) is 2. The summed E-state index contributed by atoms with van der Waals surface area (Å²) in [5.41, 5.74) is 2.04. The maximum atomic E-state index is 5.68. The van der Waals surface area contributed by atoms with Gasteiger partial charge in [0.15, 0.2) is 17.5 Å². The maximum absolute atomic E-state index is 5.68. The third kappa shape index (κ3) is 7.72. The number of pyridine rings is 1. The van der Waals surface area contributed by atoms with E-state index < -0.39 is 0 Å². The molecule has 0 spiro atoms. The van der Waals surface area contributed by atoms with Crippen LogP contribution in [-0.4, -0.2) is 44.3 Å². The van der Waals surface area contributed by atoms with E-state index >= 15 is 0 Å². The number of hydrogen-bond acceptors (Lipinski definition) is 5. The second kappa shape index (κ2) is 14.0. The first kappa shape index (κ1) is 26.0. The summed E-state index contributed by atoms with van der Waals surface area (Å²) in [6.45, 7) is 8.12. The Morgan fingerprint density at radius 2 is 1.84 bits per heavy atom. The number of methoxy groups -OCH3 is 1. The van der Waals surface area contributed by atoms with Gasteiger partial charge in [-0.1, -0.05) is 12.8 Å². The van der Waals surface area contributed by atoms with Gasteiger partial charge >= 0.3 is 0 Å². The molecule has 0 amide bonds. The van der Waals surface area contributed by atoms with E-state index in [0.29, 0.717) is 24.7 Å². The number of halogens is 1. The van der Waals surface area contributed by atoms with Crippen LogP contribution in [0.4, 0.5) is 11.5 Å². The molecule has 0 unspecified atom stereocenters. The van der Waals surface area contributed by atoms with Crippen molar-refractivity contribution in [1.29, 1.82) is 0 Å². The molecule has 1 aliphatic heterocycles. The average molecular weight is 553 g/mol. The molecule has 1 aliphatic rings. The van der Waals surface area contributed by atoms with Crippen molar-refractivity contribution in [3.05, 3.63) is 42.1 Å². The molecule has 7 nitrogen and oxygen atoms in total. The van der Waals surface area contributed by atoms with Gasteiger partial charge in [-0.3, -0.25) is 0 Å². The van der Waals surface area contributed by atoms with E-state index in [1.165, 1.54) is 25.7 Å². The number of aromatic nitrogens is 1. The van der Waals surface area contributed by atoms with Gasteiger partial charge in [0.25, 0.3) is 0 Å². The first-order valence-electron chi connectivity index (χ1n) is 11.3. The molecule has 1 aromatic carbocycles. The van der Waals surface area contributed by atoms with Gasteiger partial charge in [0.1, 0.15) is 5.82 Å². The van der Waals surface area contributed by atoms with Gasteiger partial charge in [0.05, 0.1) is 20.3 Å². The van der Waals surface area contributed by atoms with Gasteiger partial charge in [-0.2, -0.15) is 0 Å². The van der Waals surface area contributed by atoms with Crippen LogP contribution in [0.25, 0.3) is 0 Å². The topological polar surface area (TPSA) is 71.0 Å². The Morgan fingerprint density at radius 3 is 2.53 bits per heavy atom. The Kier molecular flexibility index (Phi) is 11.4. The summed E-state index contributed by atoms with van der Waals surface area (Å²) >= 11 is 0. The summed E-state index contributed by atoms with van der Waals surface area (Å²) in [5, 5.41) is 6.67. The first-order chi connectivity index (χ1) is 15.2. The van der Waals surface area contributed by atoms with Gasteiger partial charge in [-0.25, -0.2) is 9.98 Å². The number of aliphatic imine (C=N–C) groups is 1. The number of rotatable bonds is 8. The Balaban J connectivity index is 0.00000363. The highest BCUT2D eigenvalue weighted by Crippen LogP contribution is 2.30. The van der Waals surface area contributed by atoms with E-state index in [-0.39, 0.29) is 24.0 Å². The molecular formula is C24H36IN5O2. The van der Waals surface area contributed by atoms with Gasteiger partial charge < -0.3 is 25.0 Å². The molecule has 2 aromatic rings. The van der Waals surface area contributed by atoms with Crippen LogP contribution < -0.4 is 25.0 Å². The number of benzene rings is 1. The zero-order chi connectivity index (χ0) is 21.9. The minimum atomic E-state index is 0. The highest BCUT2D eigenvalue weighted by atomic mass is 127. The SMILES string of the molecule is CCNC(=NCc1ccnc(N2CCCCCC2)c1)Nc1ccc(OC)c(OCC)c1.I. The van der Waals surface area contributed by atoms with Crippen molar-refractivity contribution in [2.75, 3.05) is 43.6 Å². The van der Waals surface area contributed by atoms with Gasteiger partial charge in [-0.05, 0) is 56.5 Å². The lowest BCUT2D eigenvalue weighted by Gasteiger charge is -2.21. The lowest BCUT2D eigenvalue weighted by atomic mass is 10.2. The Bertz CT molecular complexity index is 854. The standard InChI is InChI=1S/C24H35N5O2.HI/c1-4-25-24(28-20-10-11-21(30-3)22(17-20)31-5-2)27-18-19-12-13-26-23(16-19)29-14-8-6-7-9-15-29;/h10-13,16-17H,4-9,14-15,18H2,1-3H3,(H2,25,27,28);1H. The van der Waals surface area contributed by atoms with Crippen LogP contribution in [0, 0.1) is 0 Å². The van der Waals surface area contributed by atoms with Crippen molar-refractivity contribution >= 4 is 41.4 Å². The lowest BCUT2D eigenvalue weighted by Crippen LogP contribution is -2.30. The van der Waals surface area contributed by atoms with E-state index in [2.05, 4.69) is 33.5 Å². The van der Waals surface area contributed by atoms with Gasteiger partial charge in [0.2, 0.25) is 0 Å². The normalized spacial score (nSPS) is 14.2. The predicted molar refractivity (Wildman–Crippen MR) is 143 cm³/mol. The highest BCUT2D eigenvalue weighted by molar-refractivity contribution is 14.0. The number of anilines is 2. The van der Waals surface area contributed by atoms with E-state index in [9.17, 15) is 0 Å². The molecule has 32 heavy (non-hydrogen) atoms. The third-order valence-corrected chi connectivity index (χ3v) is 5.23. The van der Waals surface area contributed by atoms with Crippen molar-refractivity contribution in [2.45, 2.75) is 46.1 Å². The first-order valence-corrected chi connectivity index (χ1v) is 11.3. The van der Waals surface area contributed by atoms with Crippen LogP contribution in [0.15, 0.2) is 41.5 Å². The van der Waals surface area contributed by atoms with Crippen molar-refractivity contribution in [3.63, 3.8) is 0 Å². The predicted octanol–water partition coefficient (Wildman–Crippen LogP) is 5.06. The summed E-state index contributed by atoms with van der Waals surface area (Å²) in [6.07, 6.45) is 7.00. The molecule has 3 rings (SSSR count). The number of nitrogens with zero attached hydrogens (tertiary/aromatic N) is 3. The fraction of sp³-hybridized carbons (Fsp3) is 0.500. The Hall–Kier alpha value is -2.23. The van der Waals surface area contributed by atoms with E-state index in [1.54, 1.807) is 7.11 Å². The molecule has 1 fully saturated rings. The lowest BCUT2D eigenvalue weighted by molar-refractivity contribution is 0.311. The number of hydrogen-bond donors (Lipinski definition) is 2. The zero-order valence-corrected chi connectivity index (χ0v) is 21.7. The molecule has 8 heteroatoms. The van der Waals surface area contributed by atoms with Crippen molar-refractivity contribution in [1.82, 2.24) is 10.3 Å². The summed E-state index contributed by atoms with van der Waals surface area (Å²) in [4.78, 5) is 11.8. The molecule has 0 aliphatic carbocycles. The molecule has 2 N–H and O–H groups in total. The van der Waals surface area contributed by atoms with Crippen LogP contribution >= 0.6 is 24.0 Å². The molecule has 1 aromatic heterocycles. The molecule has 0 saturated carbocycles. The average Bonchev–Trinajstić information content (AvgIpc) is 3.08. The van der Waals surface area contributed by atoms with Crippen LogP contribution in [-0.2, 0) is 6.54 Å². The van der Waals surface area contributed by atoms with E-state index in [1.807, 2.05) is 37.4 Å². The molecule has 1 saturated heterocycles. The molecule has 2 heterocycles. The Labute approximate surface area is 209 Å². The van der Waals surface area contributed by atoms with Gasteiger partial charge in [0, 0.05) is 37.6 Å². The summed E-state index contributed by atoms with van der Waals surface area (Å²) in [5.74, 6) is 3.21. The molecule has 176 valence electrons. The quantitative estimate of drug-likeness (QED) is 0.271. The molecular weight excluding hydrogens is 517 g/mol. The fourth-order valence-electron chi connectivity index (χ4n) is 3.67. The molecule has 0 radical (unpaired) electrons. The molecule has 0 bridgehead atoms. The summed E-state index contributed by atoms with van der Waals surface area (Å²) in [6, 6.07) is 9.98. The van der Waals surface area contributed by atoms with Gasteiger partial charge in [-0.15, -0.1) is 24.0 Å². The van der Waals surface area contributed by atoms with E-state index in [0.717, 1.165) is 42.7 Å². The Morgan fingerprint density at radius 1 is 1.06 bits per heavy atom. The van der Waals surface area contributed by atoms with Crippen molar-refractivity contribution in [2.24, 2.45) is 4.99 Å². The smallest absolute Gasteiger partial charge is 0.196 e. The van der Waals surface area contributed by atoms with Crippen LogP contribution in [0.2, 0.25) is 0 Å². The summed E-state index contributed by atoms with van der Waals surface area (Å²) < 4.78 is 11.1. The number of nitrogens with one attached hydrogen (secondary N) is 2. The maximum Gasteiger partial charge on any atom is 0.196 e. The summed E-state index contributed by atoms with van der Waals surface area (Å²) in [7, 11) is 1.64. The largest absolute Gasteiger partial charge is 0.493 e. The second-order valence-corrected chi connectivity index (χ2v) is 7.54. The monoisotopic (exact) mass is 553 g/mol. The fourth-order valence-corrected chi connectivity index (χ4v) is 3.67. The second-order valence-electron chi connectivity index (χ2n) is 7.54. The van der Waals surface area contributed by atoms with Crippen LogP contribution in [0.3, 0.4) is 0 Å². The van der Waals surface area contributed by atoms with Crippen LogP contribution in [0.5, 0.6) is 11.5 Å².